The topological polar surface area (TPSA) is 87.2 Å². The van der Waals surface area contributed by atoms with Crippen LogP contribution in [0.25, 0.3) is 0 Å². The van der Waals surface area contributed by atoms with Gasteiger partial charge in [0.25, 0.3) is 0 Å². The SMILES string of the molecule is COc1cc(OC)c2c(c1)OC1(CCN(C(=O)OCCSc3ccc(C(F)(F)F)cn3)CC1)CC2=O. The van der Waals surface area contributed by atoms with E-state index in [4.69, 9.17) is 18.9 Å². The summed E-state index contributed by atoms with van der Waals surface area (Å²) in [6.45, 7) is 0.794. The van der Waals surface area contributed by atoms with Crippen LogP contribution in [0.15, 0.2) is 35.5 Å². The highest BCUT2D eigenvalue weighted by atomic mass is 32.2. The van der Waals surface area contributed by atoms with Crippen molar-refractivity contribution >= 4 is 23.6 Å². The Balaban J connectivity index is 1.27. The minimum absolute atomic E-state index is 0.0792. The fourth-order valence-corrected chi connectivity index (χ4v) is 4.89. The quantitative estimate of drug-likeness (QED) is 0.390. The predicted molar refractivity (Wildman–Crippen MR) is 124 cm³/mol. The van der Waals surface area contributed by atoms with E-state index in [0.29, 0.717) is 59.5 Å². The van der Waals surface area contributed by atoms with Gasteiger partial charge in [-0.1, -0.05) is 0 Å². The van der Waals surface area contributed by atoms with Gasteiger partial charge in [-0.15, -0.1) is 11.8 Å². The summed E-state index contributed by atoms with van der Waals surface area (Å²) in [6.07, 6.45) is -3.05. The first-order chi connectivity index (χ1) is 17.1. The van der Waals surface area contributed by atoms with Crippen molar-refractivity contribution in [3.63, 3.8) is 0 Å². The standard InChI is InChI=1S/C24H25F3N2O6S/c1-32-16-11-18(33-2)21-17(30)13-23(35-19(21)12-16)5-7-29(8-6-23)22(31)34-9-10-36-20-4-3-15(14-28-20)24(25,26)27/h3-4,11-12,14H,5-10,13H2,1-2H3. The maximum atomic E-state index is 12.9. The van der Waals surface area contributed by atoms with Crippen molar-refractivity contribution in [1.82, 2.24) is 9.88 Å². The minimum atomic E-state index is -4.43. The number of piperidine rings is 1. The molecule has 194 valence electrons. The van der Waals surface area contributed by atoms with Crippen LogP contribution >= 0.6 is 11.8 Å². The number of alkyl halides is 3. The Labute approximate surface area is 210 Å². The number of methoxy groups -OCH3 is 2. The lowest BCUT2D eigenvalue weighted by Gasteiger charge is -2.43. The van der Waals surface area contributed by atoms with Crippen LogP contribution in [0.2, 0.25) is 0 Å². The zero-order valence-corrected chi connectivity index (χ0v) is 20.5. The third kappa shape index (κ3) is 5.63. The van der Waals surface area contributed by atoms with Gasteiger partial charge in [0, 0.05) is 50.0 Å². The van der Waals surface area contributed by atoms with Gasteiger partial charge in [-0.25, -0.2) is 9.78 Å². The molecule has 0 bridgehead atoms. The fourth-order valence-electron chi connectivity index (χ4n) is 4.23. The average molecular weight is 527 g/mol. The van der Waals surface area contributed by atoms with Gasteiger partial charge in [-0.2, -0.15) is 13.2 Å². The second kappa shape index (κ2) is 10.5. The number of benzene rings is 1. The van der Waals surface area contributed by atoms with E-state index >= 15 is 0 Å². The van der Waals surface area contributed by atoms with Crippen molar-refractivity contribution in [2.24, 2.45) is 0 Å². The summed E-state index contributed by atoms with van der Waals surface area (Å²) >= 11 is 1.19. The van der Waals surface area contributed by atoms with Gasteiger partial charge in [0.05, 0.1) is 31.2 Å². The summed E-state index contributed by atoms with van der Waals surface area (Å²) in [6, 6.07) is 5.56. The van der Waals surface area contributed by atoms with E-state index in [2.05, 4.69) is 4.98 Å². The lowest BCUT2D eigenvalue weighted by Crippen LogP contribution is -2.52. The molecule has 1 fully saturated rings. The number of aromatic nitrogens is 1. The summed E-state index contributed by atoms with van der Waals surface area (Å²) in [7, 11) is 3.00. The number of Topliss-reactive ketones (excluding diaryl/α,β-unsaturated/α-hetero) is 1. The van der Waals surface area contributed by atoms with Crippen molar-refractivity contribution in [2.75, 3.05) is 39.7 Å². The summed E-state index contributed by atoms with van der Waals surface area (Å²) in [4.78, 5) is 30.8. The summed E-state index contributed by atoms with van der Waals surface area (Å²) in [5, 5.41) is 0.409. The molecule has 1 aromatic carbocycles. The Morgan fingerprint density at radius 3 is 2.56 bits per heavy atom. The molecular weight excluding hydrogens is 501 g/mol. The zero-order valence-electron chi connectivity index (χ0n) is 19.7. The van der Waals surface area contributed by atoms with Gasteiger partial charge in [0.15, 0.2) is 5.78 Å². The normalized spacial score (nSPS) is 16.8. The number of nitrogens with zero attached hydrogens (tertiary/aromatic N) is 2. The number of thioether (sulfide) groups is 1. The van der Waals surface area contributed by atoms with Gasteiger partial charge >= 0.3 is 12.3 Å². The number of pyridine rings is 1. The Kier molecular flexibility index (Phi) is 7.53. The lowest BCUT2D eigenvalue weighted by atomic mass is 9.82. The molecule has 4 rings (SSSR count). The number of hydrogen-bond donors (Lipinski definition) is 0. The number of amides is 1. The van der Waals surface area contributed by atoms with Crippen LogP contribution < -0.4 is 14.2 Å². The monoisotopic (exact) mass is 526 g/mol. The van der Waals surface area contributed by atoms with Crippen LogP contribution in [0.3, 0.4) is 0 Å². The number of fused-ring (bicyclic) bond motifs is 1. The van der Waals surface area contributed by atoms with Crippen LogP contribution in [0.4, 0.5) is 18.0 Å². The first kappa shape index (κ1) is 25.9. The van der Waals surface area contributed by atoms with Crippen LogP contribution in [-0.2, 0) is 10.9 Å². The maximum Gasteiger partial charge on any atom is 0.417 e. The Morgan fingerprint density at radius 1 is 1.19 bits per heavy atom. The van der Waals surface area contributed by atoms with Crippen LogP contribution in [0.1, 0.15) is 35.2 Å². The number of rotatable bonds is 6. The summed E-state index contributed by atoms with van der Waals surface area (Å²) < 4.78 is 60.1. The molecule has 0 atom stereocenters. The molecule has 1 aromatic heterocycles. The number of likely N-dealkylation sites (tertiary alicyclic amines) is 1. The van der Waals surface area contributed by atoms with E-state index in [1.54, 1.807) is 17.0 Å². The zero-order chi connectivity index (χ0) is 25.9. The summed E-state index contributed by atoms with van der Waals surface area (Å²) in [5.41, 5.74) is -1.14. The Bertz CT molecular complexity index is 1120. The molecule has 1 spiro atoms. The second-order valence-electron chi connectivity index (χ2n) is 8.42. The van der Waals surface area contributed by atoms with E-state index < -0.39 is 23.4 Å². The predicted octanol–water partition coefficient (Wildman–Crippen LogP) is 4.85. The molecule has 8 nitrogen and oxygen atoms in total. The highest BCUT2D eigenvalue weighted by Crippen LogP contribution is 2.44. The molecule has 3 heterocycles. The van der Waals surface area contributed by atoms with Gasteiger partial charge in [0.2, 0.25) is 0 Å². The van der Waals surface area contributed by atoms with Gasteiger partial charge in [-0.05, 0) is 12.1 Å². The first-order valence-corrected chi connectivity index (χ1v) is 12.2. The summed E-state index contributed by atoms with van der Waals surface area (Å²) in [5.74, 6) is 1.59. The van der Waals surface area contributed by atoms with E-state index in [-0.39, 0.29) is 18.8 Å². The molecular formula is C24H25F3N2O6S. The molecule has 0 N–H and O–H groups in total. The molecule has 0 radical (unpaired) electrons. The van der Waals surface area contributed by atoms with Crippen molar-refractivity contribution in [1.29, 1.82) is 0 Å². The van der Waals surface area contributed by atoms with Crippen molar-refractivity contribution < 1.29 is 41.7 Å². The number of halogens is 3. The highest BCUT2D eigenvalue weighted by Gasteiger charge is 2.45. The van der Waals surface area contributed by atoms with Crippen molar-refractivity contribution in [2.45, 2.75) is 36.1 Å². The molecule has 1 saturated heterocycles. The van der Waals surface area contributed by atoms with Crippen molar-refractivity contribution in [3.8, 4) is 17.2 Å². The van der Waals surface area contributed by atoms with Crippen LogP contribution in [0, 0.1) is 0 Å². The molecule has 12 heteroatoms. The number of carbonyl (C=O) groups excluding carboxylic acids is 2. The number of ketones is 1. The van der Waals surface area contributed by atoms with Gasteiger partial charge in [0.1, 0.15) is 35.0 Å². The largest absolute Gasteiger partial charge is 0.496 e. The van der Waals surface area contributed by atoms with E-state index in [9.17, 15) is 22.8 Å². The molecule has 0 unspecified atom stereocenters. The second-order valence-corrected chi connectivity index (χ2v) is 9.54. The van der Waals surface area contributed by atoms with Crippen molar-refractivity contribution in [3.05, 3.63) is 41.6 Å². The molecule has 36 heavy (non-hydrogen) atoms. The molecule has 2 aliphatic rings. The molecule has 0 aliphatic carbocycles. The van der Waals surface area contributed by atoms with Crippen LogP contribution in [0.5, 0.6) is 17.2 Å². The number of carbonyl (C=O) groups is 2. The smallest absolute Gasteiger partial charge is 0.417 e. The van der Waals surface area contributed by atoms with E-state index in [1.165, 1.54) is 32.0 Å². The van der Waals surface area contributed by atoms with Gasteiger partial charge in [-0.3, -0.25) is 4.79 Å². The third-order valence-corrected chi connectivity index (χ3v) is 7.05. The van der Waals surface area contributed by atoms with Gasteiger partial charge < -0.3 is 23.8 Å². The van der Waals surface area contributed by atoms with Crippen LogP contribution in [-0.4, -0.2) is 67.0 Å². The Morgan fingerprint density at radius 2 is 1.94 bits per heavy atom. The fraction of sp³-hybridized carbons (Fsp3) is 0.458. The number of ether oxygens (including phenoxy) is 4. The molecule has 2 aromatic rings. The number of hydrogen-bond acceptors (Lipinski definition) is 8. The maximum absolute atomic E-state index is 12.9. The van der Waals surface area contributed by atoms with E-state index in [1.807, 2.05) is 0 Å². The first-order valence-electron chi connectivity index (χ1n) is 11.2. The lowest BCUT2D eigenvalue weighted by molar-refractivity contribution is -0.137. The molecule has 2 aliphatic heterocycles. The molecule has 1 amide bonds. The Hall–Kier alpha value is -3.15. The average Bonchev–Trinajstić information content (AvgIpc) is 2.85. The highest BCUT2D eigenvalue weighted by molar-refractivity contribution is 7.99. The molecule has 0 saturated carbocycles. The third-order valence-electron chi connectivity index (χ3n) is 6.14. The minimum Gasteiger partial charge on any atom is -0.496 e. The van der Waals surface area contributed by atoms with E-state index in [0.717, 1.165) is 12.3 Å².